The van der Waals surface area contributed by atoms with Gasteiger partial charge in [-0.1, -0.05) is 55.0 Å². The highest BCUT2D eigenvalue weighted by Crippen LogP contribution is 2.18. The van der Waals surface area contributed by atoms with Gasteiger partial charge in [0.1, 0.15) is 18.5 Å². The first-order valence-corrected chi connectivity index (χ1v) is 8.26. The van der Waals surface area contributed by atoms with Crippen LogP contribution in [-0.4, -0.2) is 24.4 Å². The molecule has 0 heterocycles. The van der Waals surface area contributed by atoms with E-state index in [4.69, 9.17) is 4.74 Å². The Hall–Kier alpha value is -1.55. The molecule has 2 unspecified atom stereocenters. The van der Waals surface area contributed by atoms with E-state index in [1.54, 1.807) is 0 Å². The fraction of sp³-hybridized carbons (Fsp3) is 0.400. The van der Waals surface area contributed by atoms with Gasteiger partial charge in [-0.05, 0) is 37.5 Å². The Kier molecular flexibility index (Phi) is 8.83. The van der Waals surface area contributed by atoms with Crippen LogP contribution in [-0.2, 0) is 0 Å². The summed E-state index contributed by atoms with van der Waals surface area (Å²) in [5.41, 5.74) is 3.60. The van der Waals surface area contributed by atoms with Gasteiger partial charge in [-0.15, -0.1) is 12.4 Å². The number of hydrogen-bond acceptors (Lipinski definition) is 3. The van der Waals surface area contributed by atoms with E-state index in [1.165, 1.54) is 11.1 Å². The zero-order chi connectivity index (χ0) is 16.7. The molecule has 2 N–H and O–H groups in total. The number of para-hydroxylation sites is 1. The van der Waals surface area contributed by atoms with Crippen molar-refractivity contribution < 1.29 is 9.84 Å². The summed E-state index contributed by atoms with van der Waals surface area (Å²) < 4.78 is 5.70. The summed E-state index contributed by atoms with van der Waals surface area (Å²) in [6.07, 6.45) is 0.447. The van der Waals surface area contributed by atoms with Gasteiger partial charge >= 0.3 is 0 Å². The summed E-state index contributed by atoms with van der Waals surface area (Å²) in [4.78, 5) is 0. The van der Waals surface area contributed by atoms with Crippen molar-refractivity contribution >= 4 is 12.4 Å². The predicted octanol–water partition coefficient (Wildman–Crippen LogP) is 4.21. The van der Waals surface area contributed by atoms with Crippen LogP contribution in [0.3, 0.4) is 0 Å². The Morgan fingerprint density at radius 3 is 2.33 bits per heavy atom. The molecule has 2 rings (SSSR count). The van der Waals surface area contributed by atoms with Crippen molar-refractivity contribution in [1.29, 1.82) is 0 Å². The number of nitrogens with one attached hydrogen (secondary N) is 1. The molecule has 0 saturated heterocycles. The predicted molar refractivity (Wildman–Crippen MR) is 102 cm³/mol. The second-order valence-electron chi connectivity index (χ2n) is 6.01. The maximum atomic E-state index is 10.1. The summed E-state index contributed by atoms with van der Waals surface area (Å²) >= 11 is 0. The molecule has 2 aromatic rings. The second kappa shape index (κ2) is 10.3. The van der Waals surface area contributed by atoms with E-state index < -0.39 is 6.10 Å². The molecule has 0 aliphatic heterocycles. The molecule has 3 nitrogen and oxygen atoms in total. The van der Waals surface area contributed by atoms with Crippen molar-refractivity contribution in [2.24, 2.45) is 0 Å². The van der Waals surface area contributed by atoms with E-state index in [1.807, 2.05) is 31.2 Å². The first kappa shape index (κ1) is 20.5. The van der Waals surface area contributed by atoms with Crippen LogP contribution in [0.5, 0.6) is 5.75 Å². The summed E-state index contributed by atoms with van der Waals surface area (Å²) in [5, 5.41) is 13.6. The van der Waals surface area contributed by atoms with Crippen molar-refractivity contribution in [1.82, 2.24) is 5.32 Å². The minimum absolute atomic E-state index is 0. The molecule has 132 valence electrons. The Morgan fingerprint density at radius 1 is 1.04 bits per heavy atom. The van der Waals surface area contributed by atoms with Crippen LogP contribution in [0, 0.1) is 13.8 Å². The van der Waals surface area contributed by atoms with Crippen LogP contribution in [0.15, 0.2) is 48.5 Å². The molecule has 4 heteroatoms. The summed E-state index contributed by atoms with van der Waals surface area (Å²) in [6.45, 7) is 7.05. The van der Waals surface area contributed by atoms with Crippen LogP contribution in [0.1, 0.15) is 36.1 Å². The third-order valence-corrected chi connectivity index (χ3v) is 4.01. The molecule has 0 aliphatic rings. The van der Waals surface area contributed by atoms with Gasteiger partial charge in [-0.2, -0.15) is 0 Å². The van der Waals surface area contributed by atoms with E-state index in [9.17, 15) is 5.11 Å². The van der Waals surface area contributed by atoms with Gasteiger partial charge in [0.15, 0.2) is 0 Å². The number of ether oxygens (including phenoxy) is 1. The largest absolute Gasteiger partial charge is 0.491 e. The molecular weight excluding hydrogens is 322 g/mol. The molecule has 0 saturated carbocycles. The molecule has 2 atom stereocenters. The Balaban J connectivity index is 0.00000288. The Bertz CT molecular complexity index is 601. The summed E-state index contributed by atoms with van der Waals surface area (Å²) in [6, 6.07) is 16.6. The average Bonchev–Trinajstić information content (AvgIpc) is 2.56. The van der Waals surface area contributed by atoms with E-state index in [0.29, 0.717) is 13.2 Å². The fourth-order valence-electron chi connectivity index (χ4n) is 2.54. The van der Waals surface area contributed by atoms with Crippen molar-refractivity contribution in [3.05, 3.63) is 65.2 Å². The zero-order valence-electron chi connectivity index (χ0n) is 14.7. The van der Waals surface area contributed by atoms with Gasteiger partial charge in [0.25, 0.3) is 0 Å². The van der Waals surface area contributed by atoms with Crippen LogP contribution in [0.4, 0.5) is 0 Å². The number of aliphatic hydroxyl groups excluding tert-OH is 1. The van der Waals surface area contributed by atoms with Crippen LogP contribution in [0.25, 0.3) is 0 Å². The van der Waals surface area contributed by atoms with Crippen molar-refractivity contribution in [3.63, 3.8) is 0 Å². The van der Waals surface area contributed by atoms with Gasteiger partial charge in [0.2, 0.25) is 0 Å². The molecule has 0 bridgehead atoms. The zero-order valence-corrected chi connectivity index (χ0v) is 15.5. The fourth-order valence-corrected chi connectivity index (χ4v) is 2.54. The second-order valence-corrected chi connectivity index (χ2v) is 6.01. The molecule has 0 amide bonds. The normalized spacial score (nSPS) is 13.0. The number of aliphatic hydroxyl groups is 1. The highest BCUT2D eigenvalue weighted by atomic mass is 35.5. The SMILES string of the molecule is CCC(NCC(O)COc1ccccc1C)c1ccc(C)cc1.Cl. The standard InChI is InChI=1S/C20H27NO2.ClH/c1-4-19(17-11-9-15(2)10-12-17)21-13-18(22)14-23-20-8-6-5-7-16(20)3;/h5-12,18-19,21-22H,4,13-14H2,1-3H3;1H. The summed E-state index contributed by atoms with van der Waals surface area (Å²) in [5.74, 6) is 0.831. The van der Waals surface area contributed by atoms with Gasteiger partial charge in [-0.3, -0.25) is 0 Å². The number of benzene rings is 2. The number of halogens is 1. The summed E-state index contributed by atoms with van der Waals surface area (Å²) in [7, 11) is 0. The Morgan fingerprint density at radius 2 is 1.71 bits per heavy atom. The van der Waals surface area contributed by atoms with E-state index in [2.05, 4.69) is 43.4 Å². The lowest BCUT2D eigenvalue weighted by atomic mass is 10.0. The maximum Gasteiger partial charge on any atom is 0.122 e. The molecule has 0 aromatic heterocycles. The molecule has 0 aliphatic carbocycles. The molecule has 2 aromatic carbocycles. The first-order valence-electron chi connectivity index (χ1n) is 8.26. The third-order valence-electron chi connectivity index (χ3n) is 4.01. The van der Waals surface area contributed by atoms with Crippen molar-refractivity contribution in [3.8, 4) is 5.75 Å². The van der Waals surface area contributed by atoms with Crippen molar-refractivity contribution in [2.45, 2.75) is 39.3 Å². The van der Waals surface area contributed by atoms with Crippen LogP contribution in [0.2, 0.25) is 0 Å². The minimum Gasteiger partial charge on any atom is -0.491 e. The Labute approximate surface area is 151 Å². The monoisotopic (exact) mass is 349 g/mol. The number of rotatable bonds is 8. The number of hydrogen-bond donors (Lipinski definition) is 2. The number of aryl methyl sites for hydroxylation is 2. The average molecular weight is 350 g/mol. The van der Waals surface area contributed by atoms with Gasteiger partial charge in [0, 0.05) is 12.6 Å². The van der Waals surface area contributed by atoms with E-state index in [-0.39, 0.29) is 18.4 Å². The van der Waals surface area contributed by atoms with Crippen molar-refractivity contribution in [2.75, 3.05) is 13.2 Å². The maximum absolute atomic E-state index is 10.1. The molecule has 0 radical (unpaired) electrons. The van der Waals surface area contributed by atoms with Gasteiger partial charge in [0.05, 0.1) is 0 Å². The lowest BCUT2D eigenvalue weighted by molar-refractivity contribution is 0.103. The molecule has 24 heavy (non-hydrogen) atoms. The third kappa shape index (κ3) is 6.16. The molecule has 0 spiro atoms. The molecular formula is C20H28ClNO2. The topological polar surface area (TPSA) is 41.5 Å². The lowest BCUT2D eigenvalue weighted by Crippen LogP contribution is -2.33. The van der Waals surface area contributed by atoms with Gasteiger partial charge < -0.3 is 15.2 Å². The van der Waals surface area contributed by atoms with Crippen LogP contribution < -0.4 is 10.1 Å². The lowest BCUT2D eigenvalue weighted by Gasteiger charge is -2.20. The quantitative estimate of drug-likeness (QED) is 0.750. The van der Waals surface area contributed by atoms with E-state index >= 15 is 0 Å². The van der Waals surface area contributed by atoms with Crippen LogP contribution >= 0.6 is 12.4 Å². The molecule has 0 fully saturated rings. The van der Waals surface area contributed by atoms with Gasteiger partial charge in [-0.25, -0.2) is 0 Å². The minimum atomic E-state index is -0.533. The smallest absolute Gasteiger partial charge is 0.122 e. The highest BCUT2D eigenvalue weighted by molar-refractivity contribution is 5.85. The van der Waals surface area contributed by atoms with E-state index in [0.717, 1.165) is 17.7 Å². The highest BCUT2D eigenvalue weighted by Gasteiger charge is 2.12. The first-order chi connectivity index (χ1) is 11.1.